The van der Waals surface area contributed by atoms with Crippen molar-refractivity contribution in [3.05, 3.63) is 42.0 Å². The fourth-order valence-electron chi connectivity index (χ4n) is 2.27. The molecule has 0 atom stereocenters. The van der Waals surface area contributed by atoms with Crippen molar-refractivity contribution in [2.24, 2.45) is 0 Å². The number of nitrogens with one attached hydrogen (secondary N) is 1. The highest BCUT2D eigenvalue weighted by Gasteiger charge is 2.14. The average Bonchev–Trinajstić information content (AvgIpc) is 2.55. The predicted octanol–water partition coefficient (Wildman–Crippen LogP) is 3.08. The van der Waals surface area contributed by atoms with Gasteiger partial charge in [0.2, 0.25) is 5.75 Å². The molecule has 2 N–H and O–H groups in total. The van der Waals surface area contributed by atoms with Crippen molar-refractivity contribution in [2.45, 2.75) is 6.42 Å². The summed E-state index contributed by atoms with van der Waals surface area (Å²) in [6.07, 6.45) is -0.0619. The number of anilines is 2. The molecule has 0 aliphatic carbocycles. The highest BCUT2D eigenvalue weighted by Crippen LogP contribution is 2.40. The summed E-state index contributed by atoms with van der Waals surface area (Å²) in [4.78, 5) is 11.0. The van der Waals surface area contributed by atoms with Crippen molar-refractivity contribution < 1.29 is 24.1 Å². The summed E-state index contributed by atoms with van der Waals surface area (Å²) < 4.78 is 15.9. The Morgan fingerprint density at radius 1 is 1.04 bits per heavy atom. The molecule has 0 saturated carbocycles. The van der Waals surface area contributed by atoms with Gasteiger partial charge in [0.1, 0.15) is 0 Å². The van der Waals surface area contributed by atoms with E-state index < -0.39 is 5.97 Å². The van der Waals surface area contributed by atoms with Crippen molar-refractivity contribution in [1.29, 1.82) is 0 Å². The Hall–Kier alpha value is -2.89. The first-order valence-corrected chi connectivity index (χ1v) is 6.95. The minimum atomic E-state index is -0.885. The molecule has 2 rings (SSSR count). The summed E-state index contributed by atoms with van der Waals surface area (Å²) in [6, 6.07) is 10.8. The van der Waals surface area contributed by atoms with Crippen LogP contribution >= 0.6 is 0 Å². The minimum absolute atomic E-state index is 0.0619. The lowest BCUT2D eigenvalue weighted by Crippen LogP contribution is -2.04. The van der Waals surface area contributed by atoms with Crippen LogP contribution in [-0.4, -0.2) is 32.4 Å². The molecular weight excluding hydrogens is 298 g/mol. The number of ether oxygens (including phenoxy) is 3. The molecule has 0 radical (unpaired) electrons. The second kappa shape index (κ2) is 7.40. The van der Waals surface area contributed by atoms with E-state index in [4.69, 9.17) is 19.3 Å². The first-order valence-electron chi connectivity index (χ1n) is 6.95. The molecule has 0 unspecified atom stereocenters. The maximum atomic E-state index is 11.0. The minimum Gasteiger partial charge on any atom is -0.493 e. The maximum Gasteiger partial charge on any atom is 0.307 e. The molecular formula is C17H19NO5. The highest BCUT2D eigenvalue weighted by atomic mass is 16.5. The summed E-state index contributed by atoms with van der Waals surface area (Å²) in [6.45, 7) is 0. The van der Waals surface area contributed by atoms with Gasteiger partial charge >= 0.3 is 5.97 Å². The number of carboxylic acid groups (broad SMARTS) is 1. The lowest BCUT2D eigenvalue weighted by molar-refractivity contribution is -0.136. The number of para-hydroxylation sites is 1. The molecule has 0 aliphatic rings. The van der Waals surface area contributed by atoms with Crippen molar-refractivity contribution in [3.8, 4) is 17.2 Å². The van der Waals surface area contributed by atoms with Gasteiger partial charge in [-0.15, -0.1) is 0 Å². The molecule has 0 fully saturated rings. The predicted molar refractivity (Wildman–Crippen MR) is 87.2 cm³/mol. The van der Waals surface area contributed by atoms with Gasteiger partial charge in [0.25, 0.3) is 0 Å². The van der Waals surface area contributed by atoms with Crippen LogP contribution < -0.4 is 19.5 Å². The Bertz CT molecular complexity index is 674. The third-order valence-electron chi connectivity index (χ3n) is 3.30. The highest BCUT2D eigenvalue weighted by molar-refractivity contribution is 5.76. The molecule has 23 heavy (non-hydrogen) atoms. The number of methoxy groups -OCH3 is 3. The van der Waals surface area contributed by atoms with E-state index in [0.29, 0.717) is 34.2 Å². The molecule has 2 aromatic carbocycles. The number of carboxylic acids is 1. The fraction of sp³-hybridized carbons (Fsp3) is 0.235. The van der Waals surface area contributed by atoms with Crippen LogP contribution in [0.3, 0.4) is 0 Å². The normalized spacial score (nSPS) is 10.0. The van der Waals surface area contributed by atoms with E-state index in [1.165, 1.54) is 7.11 Å². The van der Waals surface area contributed by atoms with Gasteiger partial charge in [-0.2, -0.15) is 0 Å². The van der Waals surface area contributed by atoms with Gasteiger partial charge in [-0.05, 0) is 11.6 Å². The van der Waals surface area contributed by atoms with Crippen LogP contribution in [0, 0.1) is 0 Å². The van der Waals surface area contributed by atoms with E-state index in [0.717, 1.165) is 0 Å². The smallest absolute Gasteiger partial charge is 0.307 e. The zero-order chi connectivity index (χ0) is 16.8. The van der Waals surface area contributed by atoms with Gasteiger partial charge in [0, 0.05) is 23.5 Å². The van der Waals surface area contributed by atoms with E-state index in [2.05, 4.69) is 5.32 Å². The Labute approximate surface area is 134 Å². The van der Waals surface area contributed by atoms with E-state index in [-0.39, 0.29) is 6.42 Å². The van der Waals surface area contributed by atoms with Gasteiger partial charge in [0.15, 0.2) is 11.5 Å². The van der Waals surface area contributed by atoms with Gasteiger partial charge in [-0.25, -0.2) is 0 Å². The third kappa shape index (κ3) is 3.85. The quantitative estimate of drug-likeness (QED) is 0.817. The molecule has 6 heteroatoms. The summed E-state index contributed by atoms with van der Waals surface area (Å²) in [5, 5.41) is 12.2. The molecule has 122 valence electrons. The molecule has 2 aromatic rings. The van der Waals surface area contributed by atoms with Crippen LogP contribution in [0.2, 0.25) is 0 Å². The number of hydrogen-bond acceptors (Lipinski definition) is 5. The van der Waals surface area contributed by atoms with Gasteiger partial charge in [0.05, 0.1) is 27.8 Å². The van der Waals surface area contributed by atoms with E-state index in [9.17, 15) is 4.79 Å². The number of rotatable bonds is 7. The number of carbonyl (C=O) groups is 1. The third-order valence-corrected chi connectivity index (χ3v) is 3.30. The average molecular weight is 317 g/mol. The Kier molecular flexibility index (Phi) is 5.30. The fourth-order valence-corrected chi connectivity index (χ4v) is 2.27. The Morgan fingerprint density at radius 3 is 2.17 bits per heavy atom. The molecule has 0 bridgehead atoms. The van der Waals surface area contributed by atoms with Crippen LogP contribution in [-0.2, 0) is 11.2 Å². The Morgan fingerprint density at radius 2 is 1.65 bits per heavy atom. The van der Waals surface area contributed by atoms with Crippen molar-refractivity contribution in [3.63, 3.8) is 0 Å². The maximum absolute atomic E-state index is 11.0. The molecule has 0 saturated heterocycles. The topological polar surface area (TPSA) is 77.0 Å². The van der Waals surface area contributed by atoms with Crippen molar-refractivity contribution in [2.75, 3.05) is 26.6 Å². The van der Waals surface area contributed by atoms with Gasteiger partial charge in [-0.1, -0.05) is 18.2 Å². The van der Waals surface area contributed by atoms with E-state index in [1.807, 2.05) is 12.1 Å². The van der Waals surface area contributed by atoms with Crippen LogP contribution in [0.1, 0.15) is 5.56 Å². The number of benzene rings is 2. The first kappa shape index (κ1) is 16.5. The monoisotopic (exact) mass is 317 g/mol. The second-order valence-electron chi connectivity index (χ2n) is 4.77. The van der Waals surface area contributed by atoms with Crippen LogP contribution in [0.5, 0.6) is 17.2 Å². The van der Waals surface area contributed by atoms with Gasteiger partial charge < -0.3 is 24.6 Å². The van der Waals surface area contributed by atoms with Crippen LogP contribution in [0.25, 0.3) is 0 Å². The summed E-state index contributed by atoms with van der Waals surface area (Å²) >= 11 is 0. The van der Waals surface area contributed by atoms with E-state index >= 15 is 0 Å². The van der Waals surface area contributed by atoms with Crippen LogP contribution in [0.15, 0.2) is 36.4 Å². The molecule has 0 spiro atoms. The molecule has 0 aliphatic heterocycles. The first-order chi connectivity index (χ1) is 11.1. The standard InChI is InChI=1S/C17H19NO5/c1-21-14-9-12(10-15(22-2)17(14)23-3)18-13-7-5-4-6-11(13)8-16(19)20/h4-7,9-10,18H,8H2,1-3H3,(H,19,20). The van der Waals surface area contributed by atoms with Crippen molar-refractivity contribution >= 4 is 17.3 Å². The largest absolute Gasteiger partial charge is 0.493 e. The summed E-state index contributed by atoms with van der Waals surface area (Å²) in [5.41, 5.74) is 2.11. The van der Waals surface area contributed by atoms with E-state index in [1.54, 1.807) is 38.5 Å². The molecule has 0 amide bonds. The summed E-state index contributed by atoms with van der Waals surface area (Å²) in [5.74, 6) is 0.652. The zero-order valence-electron chi connectivity index (χ0n) is 13.3. The zero-order valence-corrected chi connectivity index (χ0v) is 13.3. The second-order valence-corrected chi connectivity index (χ2v) is 4.77. The van der Waals surface area contributed by atoms with Crippen molar-refractivity contribution in [1.82, 2.24) is 0 Å². The number of hydrogen-bond donors (Lipinski definition) is 2. The van der Waals surface area contributed by atoms with Gasteiger partial charge in [-0.3, -0.25) is 4.79 Å². The van der Waals surface area contributed by atoms with Crippen LogP contribution in [0.4, 0.5) is 11.4 Å². The lowest BCUT2D eigenvalue weighted by atomic mass is 10.1. The SMILES string of the molecule is COc1cc(Nc2ccccc2CC(=O)O)cc(OC)c1OC. The lowest BCUT2D eigenvalue weighted by Gasteiger charge is -2.16. The molecule has 0 aromatic heterocycles. The summed E-state index contributed by atoms with van der Waals surface area (Å²) in [7, 11) is 4.62. The molecule has 0 heterocycles. The Balaban J connectivity index is 2.39. The molecule has 6 nitrogen and oxygen atoms in total. The number of aliphatic carboxylic acids is 1.